The van der Waals surface area contributed by atoms with Gasteiger partial charge < -0.3 is 19.5 Å². The van der Waals surface area contributed by atoms with Gasteiger partial charge in [-0.1, -0.05) is 42.5 Å². The first-order valence-corrected chi connectivity index (χ1v) is 13.4. The summed E-state index contributed by atoms with van der Waals surface area (Å²) < 4.78 is 16.4. The van der Waals surface area contributed by atoms with Crippen LogP contribution in [-0.4, -0.2) is 68.4 Å². The molecule has 0 unspecified atom stereocenters. The second-order valence-corrected chi connectivity index (χ2v) is 10.5. The molecule has 3 aromatic rings. The number of nitrogens with one attached hydrogen (secondary N) is 1. The minimum atomic E-state index is -0.0331. The third-order valence-corrected chi connectivity index (χ3v) is 7.73. The topological polar surface area (TPSA) is 63.3 Å². The van der Waals surface area contributed by atoms with E-state index < -0.39 is 0 Å². The number of morpholine rings is 1. The van der Waals surface area contributed by atoms with Crippen molar-refractivity contribution in [3.8, 4) is 11.5 Å². The molecular weight excluding hydrogens is 466 g/mol. The van der Waals surface area contributed by atoms with E-state index in [2.05, 4.69) is 57.6 Å². The van der Waals surface area contributed by atoms with Crippen molar-refractivity contribution in [2.75, 3.05) is 52.7 Å². The summed E-state index contributed by atoms with van der Waals surface area (Å²) in [6.45, 7) is 7.95. The molecule has 3 aromatic carbocycles. The molecule has 0 aromatic heterocycles. The second-order valence-electron chi connectivity index (χ2n) is 10.5. The number of piperidine rings is 1. The number of ether oxygens (including phenoxy) is 3. The number of carbonyl (C=O) groups excluding carboxylic acids is 1. The molecule has 6 rings (SSSR count). The van der Waals surface area contributed by atoms with Gasteiger partial charge in [-0.05, 0) is 52.4 Å². The van der Waals surface area contributed by atoms with Crippen LogP contribution in [0.15, 0.2) is 60.7 Å². The first-order chi connectivity index (χ1) is 18.2. The van der Waals surface area contributed by atoms with Gasteiger partial charge in [-0.3, -0.25) is 14.6 Å². The van der Waals surface area contributed by atoms with Gasteiger partial charge in [-0.15, -0.1) is 0 Å². The van der Waals surface area contributed by atoms with E-state index in [1.807, 2.05) is 18.2 Å². The second kappa shape index (κ2) is 11.1. The molecule has 1 N–H and O–H groups in total. The number of benzene rings is 3. The zero-order valence-corrected chi connectivity index (χ0v) is 21.2. The van der Waals surface area contributed by atoms with Crippen LogP contribution in [0.2, 0.25) is 0 Å². The lowest BCUT2D eigenvalue weighted by atomic mass is 9.87. The van der Waals surface area contributed by atoms with E-state index in [1.165, 1.54) is 16.3 Å². The molecule has 3 heterocycles. The Morgan fingerprint density at radius 1 is 0.865 bits per heavy atom. The molecule has 2 atom stereocenters. The van der Waals surface area contributed by atoms with Crippen molar-refractivity contribution in [3.63, 3.8) is 0 Å². The largest absolute Gasteiger partial charge is 0.454 e. The first-order valence-electron chi connectivity index (χ1n) is 13.4. The summed E-state index contributed by atoms with van der Waals surface area (Å²) in [6.07, 6.45) is 0.915. The summed E-state index contributed by atoms with van der Waals surface area (Å²) in [5, 5.41) is 5.72. The zero-order valence-electron chi connectivity index (χ0n) is 21.2. The molecular formula is C30H35N3O4. The Hall–Kier alpha value is -3.13. The monoisotopic (exact) mass is 501 g/mol. The van der Waals surface area contributed by atoms with E-state index in [9.17, 15) is 4.79 Å². The van der Waals surface area contributed by atoms with Crippen molar-refractivity contribution >= 4 is 16.7 Å². The van der Waals surface area contributed by atoms with Crippen LogP contribution in [0.4, 0.5) is 0 Å². The summed E-state index contributed by atoms with van der Waals surface area (Å²) in [5.41, 5.74) is 2.32. The molecule has 0 spiro atoms. The Labute approximate surface area is 218 Å². The summed E-state index contributed by atoms with van der Waals surface area (Å²) in [7, 11) is 0. The standard InChI is InChI=1S/C30H35N3O4/c34-30(31-16-22-6-8-28-29(15-22)37-21-36-28)27-14-24(18-32-9-11-35-12-10-32)19-33(20-27)17-23-5-7-25-3-1-2-4-26(25)13-23/h1-8,13,15,24,27H,9-12,14,16-21H2,(H,31,34)/t24-,27-/m1/s1. The highest BCUT2D eigenvalue weighted by Crippen LogP contribution is 2.32. The van der Waals surface area contributed by atoms with Crippen LogP contribution in [-0.2, 0) is 22.6 Å². The highest BCUT2D eigenvalue weighted by molar-refractivity contribution is 5.83. The molecule has 3 aliphatic heterocycles. The van der Waals surface area contributed by atoms with Crippen LogP contribution in [0.25, 0.3) is 10.8 Å². The fourth-order valence-corrected chi connectivity index (χ4v) is 5.88. The highest BCUT2D eigenvalue weighted by Gasteiger charge is 2.33. The Morgan fingerprint density at radius 3 is 2.57 bits per heavy atom. The molecule has 7 heteroatoms. The average Bonchev–Trinajstić information content (AvgIpc) is 3.40. The summed E-state index contributed by atoms with van der Waals surface area (Å²) in [6, 6.07) is 21.1. The summed E-state index contributed by atoms with van der Waals surface area (Å²) >= 11 is 0. The average molecular weight is 502 g/mol. The van der Waals surface area contributed by atoms with Crippen LogP contribution < -0.4 is 14.8 Å². The molecule has 37 heavy (non-hydrogen) atoms. The number of likely N-dealkylation sites (tertiary alicyclic amines) is 1. The Bertz CT molecular complexity index is 1240. The molecule has 0 saturated carbocycles. The fourth-order valence-electron chi connectivity index (χ4n) is 5.88. The predicted molar refractivity (Wildman–Crippen MR) is 142 cm³/mol. The lowest BCUT2D eigenvalue weighted by molar-refractivity contribution is -0.128. The van der Waals surface area contributed by atoms with Gasteiger partial charge in [0.25, 0.3) is 0 Å². The van der Waals surface area contributed by atoms with Gasteiger partial charge in [0.05, 0.1) is 19.1 Å². The first kappa shape index (κ1) is 24.2. The van der Waals surface area contributed by atoms with E-state index in [0.29, 0.717) is 12.5 Å². The lowest BCUT2D eigenvalue weighted by Gasteiger charge is -2.40. The molecule has 1 amide bonds. The number of hydrogen-bond donors (Lipinski definition) is 1. The summed E-state index contributed by atoms with van der Waals surface area (Å²) in [5.74, 6) is 2.06. The predicted octanol–water partition coefficient (Wildman–Crippen LogP) is 3.66. The highest BCUT2D eigenvalue weighted by atomic mass is 16.7. The normalized spacial score (nSPS) is 22.3. The van der Waals surface area contributed by atoms with Crippen molar-refractivity contribution in [2.24, 2.45) is 11.8 Å². The van der Waals surface area contributed by atoms with Gasteiger partial charge in [0.2, 0.25) is 12.7 Å². The van der Waals surface area contributed by atoms with Crippen LogP contribution in [0.5, 0.6) is 11.5 Å². The SMILES string of the molecule is O=C(NCc1ccc2c(c1)OCO2)[C@@H]1C[C@H](CN2CCOCC2)CN(Cc2ccc3ccccc3c2)C1. The number of hydrogen-bond acceptors (Lipinski definition) is 6. The molecule has 2 saturated heterocycles. The maximum atomic E-state index is 13.4. The van der Waals surface area contributed by atoms with Crippen molar-refractivity contribution in [1.82, 2.24) is 15.1 Å². The number of fused-ring (bicyclic) bond motifs is 2. The molecule has 7 nitrogen and oxygen atoms in total. The van der Waals surface area contributed by atoms with E-state index in [-0.39, 0.29) is 18.6 Å². The maximum absolute atomic E-state index is 13.4. The van der Waals surface area contributed by atoms with Crippen molar-refractivity contribution in [1.29, 1.82) is 0 Å². The third kappa shape index (κ3) is 5.90. The van der Waals surface area contributed by atoms with E-state index in [4.69, 9.17) is 14.2 Å². The minimum absolute atomic E-state index is 0.0331. The number of rotatable bonds is 7. The van der Waals surface area contributed by atoms with Gasteiger partial charge in [0.15, 0.2) is 11.5 Å². The van der Waals surface area contributed by atoms with Crippen molar-refractivity contribution in [3.05, 3.63) is 71.8 Å². The van der Waals surface area contributed by atoms with Gasteiger partial charge in [-0.2, -0.15) is 0 Å². The zero-order chi connectivity index (χ0) is 25.0. The Kier molecular flexibility index (Phi) is 7.26. The number of amides is 1. The van der Waals surface area contributed by atoms with E-state index in [1.54, 1.807) is 0 Å². The molecule has 0 bridgehead atoms. The minimum Gasteiger partial charge on any atom is -0.454 e. The Morgan fingerprint density at radius 2 is 1.68 bits per heavy atom. The Balaban J connectivity index is 1.13. The van der Waals surface area contributed by atoms with Crippen molar-refractivity contribution < 1.29 is 19.0 Å². The fraction of sp³-hybridized carbons (Fsp3) is 0.433. The smallest absolute Gasteiger partial charge is 0.231 e. The summed E-state index contributed by atoms with van der Waals surface area (Å²) in [4.78, 5) is 18.4. The van der Waals surface area contributed by atoms with Gasteiger partial charge in [0, 0.05) is 45.8 Å². The number of nitrogens with zero attached hydrogens (tertiary/aromatic N) is 2. The molecule has 2 fully saturated rings. The quantitative estimate of drug-likeness (QED) is 0.533. The van der Waals surface area contributed by atoms with Crippen LogP contribution in [0.1, 0.15) is 17.5 Å². The van der Waals surface area contributed by atoms with E-state index in [0.717, 1.165) is 76.0 Å². The maximum Gasteiger partial charge on any atom is 0.231 e. The molecule has 194 valence electrons. The lowest BCUT2D eigenvalue weighted by Crippen LogP contribution is -2.49. The van der Waals surface area contributed by atoms with Crippen LogP contribution >= 0.6 is 0 Å². The van der Waals surface area contributed by atoms with Crippen LogP contribution in [0.3, 0.4) is 0 Å². The van der Waals surface area contributed by atoms with Gasteiger partial charge >= 0.3 is 0 Å². The van der Waals surface area contributed by atoms with Crippen molar-refractivity contribution in [2.45, 2.75) is 19.5 Å². The molecule has 0 aliphatic carbocycles. The third-order valence-electron chi connectivity index (χ3n) is 7.73. The van der Waals surface area contributed by atoms with Crippen LogP contribution in [0, 0.1) is 11.8 Å². The van der Waals surface area contributed by atoms with E-state index >= 15 is 0 Å². The molecule has 3 aliphatic rings. The van der Waals surface area contributed by atoms with Gasteiger partial charge in [-0.25, -0.2) is 0 Å². The molecule has 0 radical (unpaired) electrons. The van der Waals surface area contributed by atoms with Gasteiger partial charge in [0.1, 0.15) is 0 Å². The number of carbonyl (C=O) groups is 1.